The van der Waals surface area contributed by atoms with Gasteiger partial charge in [0.1, 0.15) is 0 Å². The topological polar surface area (TPSA) is 73.5 Å². The third-order valence-corrected chi connectivity index (χ3v) is 4.58. The van der Waals surface area contributed by atoms with Gasteiger partial charge in [-0.15, -0.1) is 0 Å². The minimum atomic E-state index is -0.603. The number of urea groups is 1. The van der Waals surface area contributed by atoms with E-state index in [0.29, 0.717) is 5.69 Å². The smallest absolute Gasteiger partial charge is 0.315 e. The first-order valence-corrected chi connectivity index (χ1v) is 9.48. The number of rotatable bonds is 7. The van der Waals surface area contributed by atoms with Crippen LogP contribution in [0.25, 0.3) is 5.57 Å². The van der Waals surface area contributed by atoms with Gasteiger partial charge < -0.3 is 20.9 Å². The second kappa shape index (κ2) is 9.28. The lowest BCUT2D eigenvalue weighted by atomic mass is 9.92. The van der Waals surface area contributed by atoms with E-state index in [2.05, 4.69) is 22.5 Å². The Bertz CT molecular complexity index is 886. The molecule has 3 N–H and O–H groups in total. The van der Waals surface area contributed by atoms with E-state index in [1.807, 2.05) is 88.3 Å². The maximum atomic E-state index is 12.3. The minimum Gasteiger partial charge on any atom is -0.378 e. The van der Waals surface area contributed by atoms with Crippen LogP contribution in [0, 0.1) is 0 Å². The van der Waals surface area contributed by atoms with Gasteiger partial charge in [0.2, 0.25) is 5.91 Å². The molecule has 0 unspecified atom stereocenters. The summed E-state index contributed by atoms with van der Waals surface area (Å²) in [4.78, 5) is 26.4. The summed E-state index contributed by atoms with van der Waals surface area (Å²) < 4.78 is 0. The number of nitrogens with one attached hydrogen (secondary N) is 3. The fraction of sp³-hybridized carbons (Fsp3) is 0.304. The number of carbonyl (C=O) groups excluding carboxylic acids is 2. The molecular formula is C23H30N4O2. The van der Waals surface area contributed by atoms with Gasteiger partial charge in [-0.1, -0.05) is 30.4 Å². The molecule has 2 aromatic rings. The van der Waals surface area contributed by atoms with Gasteiger partial charge in [-0.05, 0) is 62.2 Å². The molecular weight excluding hydrogens is 364 g/mol. The molecule has 154 valence electrons. The SMILES string of the molecule is C=C(C)c1cccc(C(C)(C)NC(=O)NCC(=O)Nc2ccc(N(C)C)cc2)c1. The summed E-state index contributed by atoms with van der Waals surface area (Å²) in [6.45, 7) is 9.61. The quantitative estimate of drug-likeness (QED) is 0.666. The molecule has 0 atom stereocenters. The van der Waals surface area contributed by atoms with E-state index in [-0.39, 0.29) is 12.5 Å². The Morgan fingerprint density at radius 1 is 1.07 bits per heavy atom. The Morgan fingerprint density at radius 3 is 2.31 bits per heavy atom. The Balaban J connectivity index is 1.89. The predicted molar refractivity (Wildman–Crippen MR) is 120 cm³/mol. The van der Waals surface area contributed by atoms with Crippen molar-refractivity contribution < 1.29 is 9.59 Å². The number of anilines is 2. The lowest BCUT2D eigenvalue weighted by Crippen LogP contribution is -2.48. The van der Waals surface area contributed by atoms with E-state index in [1.54, 1.807) is 0 Å². The molecule has 0 heterocycles. The van der Waals surface area contributed by atoms with Gasteiger partial charge in [0, 0.05) is 25.5 Å². The van der Waals surface area contributed by atoms with E-state index >= 15 is 0 Å². The third kappa shape index (κ3) is 6.38. The van der Waals surface area contributed by atoms with Crippen LogP contribution >= 0.6 is 0 Å². The lowest BCUT2D eigenvalue weighted by Gasteiger charge is -2.27. The molecule has 0 bridgehead atoms. The number of hydrogen-bond donors (Lipinski definition) is 3. The first-order chi connectivity index (χ1) is 13.6. The zero-order chi connectivity index (χ0) is 21.6. The molecule has 0 spiro atoms. The molecule has 6 nitrogen and oxygen atoms in total. The summed E-state index contributed by atoms with van der Waals surface area (Å²) in [7, 11) is 3.90. The fourth-order valence-corrected chi connectivity index (χ4v) is 2.78. The van der Waals surface area contributed by atoms with Crippen LogP contribution in [0.15, 0.2) is 55.1 Å². The summed E-state index contributed by atoms with van der Waals surface area (Å²) in [5.74, 6) is -0.292. The Morgan fingerprint density at radius 2 is 1.72 bits per heavy atom. The van der Waals surface area contributed by atoms with Gasteiger partial charge in [0.25, 0.3) is 0 Å². The Kier molecular flexibility index (Phi) is 7.04. The molecule has 0 fully saturated rings. The largest absolute Gasteiger partial charge is 0.378 e. The predicted octanol–water partition coefficient (Wildman–Crippen LogP) is 3.96. The normalized spacial score (nSPS) is 10.8. The van der Waals surface area contributed by atoms with Crippen LogP contribution in [-0.4, -0.2) is 32.6 Å². The molecule has 0 aromatic heterocycles. The fourth-order valence-electron chi connectivity index (χ4n) is 2.78. The van der Waals surface area contributed by atoms with Crippen molar-refractivity contribution in [2.75, 3.05) is 30.9 Å². The molecule has 29 heavy (non-hydrogen) atoms. The number of nitrogens with zero attached hydrogens (tertiary/aromatic N) is 1. The van der Waals surface area contributed by atoms with Crippen LogP contribution in [0.4, 0.5) is 16.2 Å². The van der Waals surface area contributed by atoms with Crippen LogP contribution < -0.4 is 20.9 Å². The first-order valence-electron chi connectivity index (χ1n) is 9.48. The van der Waals surface area contributed by atoms with Gasteiger partial charge in [-0.2, -0.15) is 0 Å². The number of amides is 3. The van der Waals surface area contributed by atoms with Crippen molar-refractivity contribution in [1.29, 1.82) is 0 Å². The van der Waals surface area contributed by atoms with Gasteiger partial charge in [0.05, 0.1) is 12.1 Å². The van der Waals surface area contributed by atoms with Gasteiger partial charge in [-0.25, -0.2) is 4.79 Å². The van der Waals surface area contributed by atoms with Crippen molar-refractivity contribution in [3.05, 3.63) is 66.2 Å². The second-order valence-corrected chi connectivity index (χ2v) is 7.78. The monoisotopic (exact) mass is 394 g/mol. The number of benzene rings is 2. The average molecular weight is 395 g/mol. The molecule has 0 aliphatic rings. The van der Waals surface area contributed by atoms with Crippen molar-refractivity contribution in [2.45, 2.75) is 26.3 Å². The Hall–Kier alpha value is -3.28. The molecule has 2 aromatic carbocycles. The zero-order valence-electron chi connectivity index (χ0n) is 17.8. The van der Waals surface area contributed by atoms with Crippen LogP contribution in [-0.2, 0) is 10.3 Å². The number of carbonyl (C=O) groups is 2. The summed E-state index contributed by atoms with van der Waals surface area (Å²) in [6, 6.07) is 15.0. The van der Waals surface area contributed by atoms with E-state index in [9.17, 15) is 9.59 Å². The van der Waals surface area contributed by atoms with E-state index in [0.717, 1.165) is 22.4 Å². The van der Waals surface area contributed by atoms with Crippen molar-refractivity contribution in [3.8, 4) is 0 Å². The van der Waals surface area contributed by atoms with Gasteiger partial charge in [-0.3, -0.25) is 4.79 Å². The molecule has 3 amide bonds. The van der Waals surface area contributed by atoms with Gasteiger partial charge >= 0.3 is 6.03 Å². The first kappa shape index (κ1) is 22.0. The Labute approximate surface area is 173 Å². The van der Waals surface area contributed by atoms with Gasteiger partial charge in [0.15, 0.2) is 0 Å². The van der Waals surface area contributed by atoms with E-state index < -0.39 is 11.6 Å². The highest BCUT2D eigenvalue weighted by Crippen LogP contribution is 2.23. The minimum absolute atomic E-state index is 0.122. The van der Waals surface area contributed by atoms with Crippen molar-refractivity contribution in [1.82, 2.24) is 10.6 Å². The second-order valence-electron chi connectivity index (χ2n) is 7.78. The molecule has 2 rings (SSSR count). The third-order valence-electron chi connectivity index (χ3n) is 4.58. The number of allylic oxidation sites excluding steroid dienone is 1. The highest BCUT2D eigenvalue weighted by atomic mass is 16.2. The number of hydrogen-bond acceptors (Lipinski definition) is 3. The molecule has 0 saturated heterocycles. The highest BCUT2D eigenvalue weighted by Gasteiger charge is 2.23. The highest BCUT2D eigenvalue weighted by molar-refractivity contribution is 5.94. The average Bonchev–Trinajstić information content (AvgIpc) is 2.66. The summed E-state index contributed by atoms with van der Waals surface area (Å²) in [5, 5.41) is 8.29. The lowest BCUT2D eigenvalue weighted by molar-refractivity contribution is -0.115. The standard InChI is InChI=1S/C23H30N4O2/c1-16(2)17-8-7-9-18(14-17)23(3,4)26-22(29)24-15-21(28)25-19-10-12-20(13-11-19)27(5)6/h7-14H,1,15H2,2-6H3,(H,25,28)(H2,24,26,29). The van der Waals surface area contributed by atoms with E-state index in [1.165, 1.54) is 0 Å². The van der Waals surface area contributed by atoms with Crippen LogP contribution in [0.3, 0.4) is 0 Å². The van der Waals surface area contributed by atoms with E-state index in [4.69, 9.17) is 0 Å². The van der Waals surface area contributed by atoms with Crippen LogP contribution in [0.1, 0.15) is 31.9 Å². The maximum Gasteiger partial charge on any atom is 0.315 e. The molecule has 0 saturated carbocycles. The maximum absolute atomic E-state index is 12.3. The van der Waals surface area contributed by atoms with Crippen molar-refractivity contribution >= 4 is 28.9 Å². The zero-order valence-corrected chi connectivity index (χ0v) is 17.8. The molecule has 0 aliphatic heterocycles. The van der Waals surface area contributed by atoms with Crippen molar-refractivity contribution in [3.63, 3.8) is 0 Å². The molecule has 6 heteroatoms. The van der Waals surface area contributed by atoms with Crippen molar-refractivity contribution in [2.24, 2.45) is 0 Å². The summed E-state index contributed by atoms with van der Waals surface area (Å²) >= 11 is 0. The molecule has 0 radical (unpaired) electrons. The van der Waals surface area contributed by atoms with Crippen LogP contribution in [0.5, 0.6) is 0 Å². The van der Waals surface area contributed by atoms with Crippen LogP contribution in [0.2, 0.25) is 0 Å². The molecule has 0 aliphatic carbocycles. The summed E-state index contributed by atoms with van der Waals surface area (Å²) in [5.41, 5.74) is 4.06. The summed E-state index contributed by atoms with van der Waals surface area (Å²) in [6.07, 6.45) is 0.